The Morgan fingerprint density at radius 2 is 1.88 bits per heavy atom. The van der Waals surface area contributed by atoms with Crippen LogP contribution in [-0.4, -0.2) is 18.8 Å². The summed E-state index contributed by atoms with van der Waals surface area (Å²) in [6.45, 7) is 4.55. The molecule has 0 aliphatic rings. The molecule has 0 heterocycles. The monoisotopic (exact) mass is 262 g/mol. The van der Waals surface area contributed by atoms with Gasteiger partial charge in [0.25, 0.3) is 0 Å². The van der Waals surface area contributed by atoms with Gasteiger partial charge in [-0.05, 0) is 0 Å². The molecule has 0 aromatic heterocycles. The Kier molecular flexibility index (Phi) is 5.87. The summed E-state index contributed by atoms with van der Waals surface area (Å²) in [6, 6.07) is 0. The second-order valence-electron chi connectivity index (χ2n) is 1.87. The molecule has 1 radical (unpaired) electrons. The maximum atomic E-state index is 3.43. The Bertz CT molecular complexity index is 52.0. The van der Waals surface area contributed by atoms with E-state index >= 15 is 0 Å². The Morgan fingerprint density at radius 3 is 2.00 bits per heavy atom. The summed E-state index contributed by atoms with van der Waals surface area (Å²) in [7, 11) is 1.81. The summed E-state index contributed by atoms with van der Waals surface area (Å²) in [5, 5.41) is 0. The van der Waals surface area contributed by atoms with E-state index in [1.165, 1.54) is 0 Å². The molecule has 0 bridgehead atoms. The molecule has 0 aromatic carbocycles. The van der Waals surface area contributed by atoms with E-state index in [0.29, 0.717) is 0 Å². The molecule has 0 atom stereocenters. The van der Waals surface area contributed by atoms with Crippen LogP contribution < -0.4 is 4.39 Å². The topological polar surface area (TPSA) is 12.0 Å². The molecular weight excluding hydrogens is 249 g/mol. The fourth-order valence-electron chi connectivity index (χ4n) is 0.154. The fourth-order valence-corrected chi connectivity index (χ4v) is 9.32. The molecule has 0 amide bonds. The third-order valence-electron chi connectivity index (χ3n) is 0.397. The Morgan fingerprint density at radius 1 is 1.38 bits per heavy atom. The first-order chi connectivity index (χ1) is 3.63. The van der Waals surface area contributed by atoms with Crippen molar-refractivity contribution in [1.82, 2.24) is 4.39 Å². The average molecular weight is 262 g/mol. The normalized spacial score (nSPS) is 12.4. The van der Waals surface area contributed by atoms with Crippen LogP contribution in [0.15, 0.2) is 0 Å². The van der Waals surface area contributed by atoms with Gasteiger partial charge in [-0.2, -0.15) is 0 Å². The van der Waals surface area contributed by atoms with Gasteiger partial charge in [0, 0.05) is 0 Å². The van der Waals surface area contributed by atoms with Gasteiger partial charge in [-0.25, -0.2) is 0 Å². The van der Waals surface area contributed by atoms with Crippen LogP contribution in [0.2, 0.25) is 13.1 Å². The minimum atomic E-state index is -0.538. The van der Waals surface area contributed by atoms with Gasteiger partial charge in [-0.1, -0.05) is 0 Å². The first-order valence-electron chi connectivity index (χ1n) is 2.36. The van der Waals surface area contributed by atoms with Crippen LogP contribution in [-0.2, 0) is 0 Å². The van der Waals surface area contributed by atoms with E-state index in [1.54, 1.807) is 0 Å². The van der Waals surface area contributed by atoms with Gasteiger partial charge in [0.2, 0.25) is 0 Å². The molecule has 8 heavy (non-hydrogen) atoms. The van der Waals surface area contributed by atoms with E-state index in [4.69, 9.17) is 0 Å². The number of hydrogen-bond donors (Lipinski definition) is 1. The third kappa shape index (κ3) is 7.26. The van der Waals surface area contributed by atoms with Crippen LogP contribution in [0.3, 0.4) is 0 Å². The van der Waals surface area contributed by atoms with Crippen LogP contribution >= 0.6 is 27.6 Å². The van der Waals surface area contributed by atoms with E-state index in [-0.39, 0.29) is 8.96 Å². The van der Waals surface area contributed by atoms with E-state index in [0.717, 1.165) is 0 Å². The summed E-state index contributed by atoms with van der Waals surface area (Å²) in [5.74, 6) is 0. The zero-order valence-electron chi connectivity index (χ0n) is 5.79. The van der Waals surface area contributed by atoms with E-state index in [1.807, 2.05) is 9.12 Å². The molecule has 0 saturated carbocycles. The van der Waals surface area contributed by atoms with Crippen LogP contribution in [0.4, 0.5) is 0 Å². The number of halogens is 1. The SMILES string of the molecule is C[Si](C)NSI(C)C. The number of rotatable bonds is 3. The van der Waals surface area contributed by atoms with Gasteiger partial charge in [-0.3, -0.25) is 0 Å². The zero-order valence-corrected chi connectivity index (χ0v) is 9.76. The van der Waals surface area contributed by atoms with Crippen molar-refractivity contribution in [3.63, 3.8) is 0 Å². The summed E-state index contributed by atoms with van der Waals surface area (Å²) < 4.78 is 3.43. The first kappa shape index (κ1) is 9.26. The quantitative estimate of drug-likeness (QED) is 0.362. The van der Waals surface area contributed by atoms with Crippen molar-refractivity contribution in [1.29, 1.82) is 0 Å². The van der Waals surface area contributed by atoms with Gasteiger partial charge in [0.15, 0.2) is 0 Å². The van der Waals surface area contributed by atoms with Gasteiger partial charge in [0.05, 0.1) is 0 Å². The molecule has 51 valence electrons. The molecule has 0 saturated heterocycles. The predicted octanol–water partition coefficient (Wildman–Crippen LogP) is 2.16. The predicted molar refractivity (Wildman–Crippen MR) is 54.1 cm³/mol. The van der Waals surface area contributed by atoms with Crippen molar-refractivity contribution in [3.05, 3.63) is 0 Å². The molecule has 0 unspecified atom stereocenters. The maximum absolute atomic E-state index is 3.43. The van der Waals surface area contributed by atoms with Crippen molar-refractivity contribution in [2.75, 3.05) is 9.86 Å². The zero-order chi connectivity index (χ0) is 6.57. The molecular formula is C4H13INSSi. The second kappa shape index (κ2) is 5.07. The number of nitrogens with one attached hydrogen (secondary N) is 1. The number of alkyl halides is 2. The summed E-state index contributed by atoms with van der Waals surface area (Å²) >= 11 is -0.538. The van der Waals surface area contributed by atoms with Crippen LogP contribution in [0.5, 0.6) is 0 Å². The molecule has 0 aromatic rings. The Hall–Kier alpha value is 1.26. The molecule has 0 fully saturated rings. The van der Waals surface area contributed by atoms with Crippen molar-refractivity contribution < 1.29 is 0 Å². The third-order valence-corrected chi connectivity index (χ3v) is 7.27. The molecule has 0 spiro atoms. The van der Waals surface area contributed by atoms with Crippen LogP contribution in [0.25, 0.3) is 0 Å². The molecule has 4 heteroatoms. The Balaban J connectivity index is 2.93. The van der Waals surface area contributed by atoms with Crippen molar-refractivity contribution in [3.8, 4) is 0 Å². The van der Waals surface area contributed by atoms with Gasteiger partial charge >= 0.3 is 63.9 Å². The van der Waals surface area contributed by atoms with Gasteiger partial charge < -0.3 is 0 Å². The van der Waals surface area contributed by atoms with E-state index in [2.05, 4.69) is 27.3 Å². The molecule has 0 rings (SSSR count). The van der Waals surface area contributed by atoms with Crippen LogP contribution in [0.1, 0.15) is 0 Å². The van der Waals surface area contributed by atoms with Crippen molar-refractivity contribution in [2.24, 2.45) is 0 Å². The van der Waals surface area contributed by atoms with Gasteiger partial charge in [0.1, 0.15) is 0 Å². The van der Waals surface area contributed by atoms with Gasteiger partial charge in [-0.15, -0.1) is 0 Å². The standard InChI is InChI=1S/C4H13INSSi/c1-5(2)7-6-8(3)4/h6H,1-4H3. The molecule has 1 N–H and O–H groups in total. The molecule has 0 aliphatic carbocycles. The minimum absolute atomic E-state index is 0.178. The molecule has 1 nitrogen and oxygen atoms in total. The fraction of sp³-hybridized carbons (Fsp3) is 1.00. The summed E-state index contributed by atoms with van der Waals surface area (Å²) in [5.41, 5.74) is 0. The van der Waals surface area contributed by atoms with E-state index in [9.17, 15) is 0 Å². The van der Waals surface area contributed by atoms with Crippen molar-refractivity contribution in [2.45, 2.75) is 13.1 Å². The Labute approximate surface area is 63.7 Å². The average Bonchev–Trinajstić information content (AvgIpc) is 1.61. The van der Waals surface area contributed by atoms with E-state index < -0.39 is 18.4 Å². The summed E-state index contributed by atoms with van der Waals surface area (Å²) in [4.78, 5) is 4.71. The van der Waals surface area contributed by atoms with Crippen LogP contribution in [0, 0.1) is 0 Å². The summed E-state index contributed by atoms with van der Waals surface area (Å²) in [6.07, 6.45) is 0. The number of hydrogen-bond acceptors (Lipinski definition) is 2. The first-order valence-corrected chi connectivity index (χ1v) is 12.5. The molecule has 0 aliphatic heterocycles. The van der Waals surface area contributed by atoms with Crippen molar-refractivity contribution >= 4 is 36.5 Å². The second-order valence-corrected chi connectivity index (χ2v) is 14.2.